The van der Waals surface area contributed by atoms with Crippen LogP contribution in [0.5, 0.6) is 0 Å². The van der Waals surface area contributed by atoms with Gasteiger partial charge in [0.15, 0.2) is 17.1 Å². The SMILES string of the molecule is CC(C)n1ccc(=O)c2c(N)c(F)c(NCCCn3ccnc3)c(F)c21. The summed E-state index contributed by atoms with van der Waals surface area (Å²) in [6.45, 7) is 4.70. The smallest absolute Gasteiger partial charge is 0.191 e. The minimum Gasteiger partial charge on any atom is -0.396 e. The zero-order valence-electron chi connectivity index (χ0n) is 14.7. The molecule has 6 nitrogen and oxygen atoms in total. The number of nitrogens with two attached hydrogens (primary N) is 1. The van der Waals surface area contributed by atoms with Crippen LogP contribution < -0.4 is 16.5 Å². The Morgan fingerprint density at radius 2 is 2.04 bits per heavy atom. The molecule has 8 heteroatoms. The fourth-order valence-electron chi connectivity index (χ4n) is 2.97. The number of benzene rings is 1. The molecule has 0 radical (unpaired) electrons. The van der Waals surface area contributed by atoms with E-state index in [-0.39, 0.29) is 28.3 Å². The van der Waals surface area contributed by atoms with E-state index in [0.717, 1.165) is 0 Å². The Morgan fingerprint density at radius 3 is 2.69 bits per heavy atom. The molecular formula is C18H21F2N5O. The lowest BCUT2D eigenvalue weighted by Crippen LogP contribution is -2.17. The first-order chi connectivity index (χ1) is 12.4. The number of hydrogen-bond donors (Lipinski definition) is 2. The molecule has 0 atom stereocenters. The van der Waals surface area contributed by atoms with E-state index in [9.17, 15) is 9.18 Å². The van der Waals surface area contributed by atoms with Crippen LogP contribution in [-0.4, -0.2) is 20.7 Å². The highest BCUT2D eigenvalue weighted by Crippen LogP contribution is 2.33. The van der Waals surface area contributed by atoms with Crippen LogP contribution in [0, 0.1) is 11.6 Å². The number of pyridine rings is 1. The molecular weight excluding hydrogens is 340 g/mol. The van der Waals surface area contributed by atoms with Gasteiger partial charge in [0.2, 0.25) is 0 Å². The monoisotopic (exact) mass is 361 g/mol. The van der Waals surface area contributed by atoms with Crippen molar-refractivity contribution in [1.82, 2.24) is 14.1 Å². The number of halogens is 2. The zero-order chi connectivity index (χ0) is 18.8. The third kappa shape index (κ3) is 3.14. The van der Waals surface area contributed by atoms with Gasteiger partial charge in [-0.25, -0.2) is 13.8 Å². The molecule has 0 aliphatic carbocycles. The lowest BCUT2D eigenvalue weighted by atomic mass is 10.1. The second-order valence-electron chi connectivity index (χ2n) is 6.40. The van der Waals surface area contributed by atoms with Crippen LogP contribution in [0.15, 0.2) is 35.8 Å². The van der Waals surface area contributed by atoms with Gasteiger partial charge in [-0.2, -0.15) is 0 Å². The van der Waals surface area contributed by atoms with Gasteiger partial charge in [-0.15, -0.1) is 0 Å². The summed E-state index contributed by atoms with van der Waals surface area (Å²) < 4.78 is 33.1. The number of aryl methyl sites for hydroxylation is 1. The zero-order valence-corrected chi connectivity index (χ0v) is 14.7. The van der Waals surface area contributed by atoms with E-state index in [0.29, 0.717) is 19.5 Å². The topological polar surface area (TPSA) is 77.9 Å². The molecule has 0 aliphatic heterocycles. The fourth-order valence-corrected chi connectivity index (χ4v) is 2.97. The Balaban J connectivity index is 1.97. The number of fused-ring (bicyclic) bond motifs is 1. The highest BCUT2D eigenvalue weighted by molar-refractivity contribution is 5.94. The largest absolute Gasteiger partial charge is 0.396 e. The van der Waals surface area contributed by atoms with Crippen LogP contribution >= 0.6 is 0 Å². The first-order valence-corrected chi connectivity index (χ1v) is 8.42. The number of imidazole rings is 1. The van der Waals surface area contributed by atoms with Gasteiger partial charge in [0.1, 0.15) is 5.69 Å². The molecule has 0 spiro atoms. The van der Waals surface area contributed by atoms with E-state index >= 15 is 4.39 Å². The average molecular weight is 361 g/mol. The van der Waals surface area contributed by atoms with Crippen molar-refractivity contribution >= 4 is 22.3 Å². The highest BCUT2D eigenvalue weighted by atomic mass is 19.1. The Labute approximate surface area is 149 Å². The Hall–Kier alpha value is -2.90. The quantitative estimate of drug-likeness (QED) is 0.522. The number of nitrogen functional groups attached to an aromatic ring is 1. The van der Waals surface area contributed by atoms with Crippen LogP contribution in [0.2, 0.25) is 0 Å². The summed E-state index contributed by atoms with van der Waals surface area (Å²) in [5.74, 6) is -1.74. The van der Waals surface area contributed by atoms with Crippen LogP contribution in [0.1, 0.15) is 26.3 Å². The van der Waals surface area contributed by atoms with Crippen molar-refractivity contribution in [2.24, 2.45) is 0 Å². The number of nitrogens with zero attached hydrogens (tertiary/aromatic N) is 3. The summed E-state index contributed by atoms with van der Waals surface area (Å²) in [5.41, 5.74) is 4.71. The van der Waals surface area contributed by atoms with E-state index in [1.807, 2.05) is 24.6 Å². The Bertz CT molecular complexity index is 980. The minimum absolute atomic E-state index is 0.0171. The third-order valence-electron chi connectivity index (χ3n) is 4.29. The van der Waals surface area contributed by atoms with E-state index < -0.39 is 17.1 Å². The maximum Gasteiger partial charge on any atom is 0.191 e. The van der Waals surface area contributed by atoms with Crippen LogP contribution in [0.4, 0.5) is 20.2 Å². The molecule has 0 bridgehead atoms. The van der Waals surface area contributed by atoms with Gasteiger partial charge in [0, 0.05) is 43.8 Å². The van der Waals surface area contributed by atoms with Gasteiger partial charge < -0.3 is 20.2 Å². The van der Waals surface area contributed by atoms with E-state index in [4.69, 9.17) is 5.73 Å². The predicted molar refractivity (Wildman–Crippen MR) is 98.3 cm³/mol. The Kier molecular flexibility index (Phi) is 4.92. The first kappa shape index (κ1) is 17.9. The van der Waals surface area contributed by atoms with Gasteiger partial charge in [-0.05, 0) is 20.3 Å². The molecule has 3 rings (SSSR count). The number of rotatable bonds is 6. The summed E-state index contributed by atoms with van der Waals surface area (Å²) in [4.78, 5) is 16.1. The summed E-state index contributed by atoms with van der Waals surface area (Å²) in [7, 11) is 0. The third-order valence-corrected chi connectivity index (χ3v) is 4.29. The van der Waals surface area contributed by atoms with Crippen LogP contribution in [0.25, 0.3) is 10.9 Å². The molecule has 26 heavy (non-hydrogen) atoms. The molecule has 0 saturated carbocycles. The van der Waals surface area contributed by atoms with Gasteiger partial charge >= 0.3 is 0 Å². The lowest BCUT2D eigenvalue weighted by Gasteiger charge is -2.19. The van der Waals surface area contributed by atoms with Gasteiger partial charge in [-0.1, -0.05) is 0 Å². The summed E-state index contributed by atoms with van der Waals surface area (Å²) >= 11 is 0. The van der Waals surface area contributed by atoms with Crippen molar-refractivity contribution in [3.63, 3.8) is 0 Å². The number of nitrogens with one attached hydrogen (secondary N) is 1. The summed E-state index contributed by atoms with van der Waals surface area (Å²) in [6.07, 6.45) is 7.30. The van der Waals surface area contributed by atoms with E-state index in [1.165, 1.54) is 12.3 Å². The highest BCUT2D eigenvalue weighted by Gasteiger charge is 2.22. The molecule has 1 aromatic carbocycles. The number of anilines is 2. The lowest BCUT2D eigenvalue weighted by molar-refractivity contribution is 0.569. The van der Waals surface area contributed by atoms with Gasteiger partial charge in [0.25, 0.3) is 0 Å². The molecule has 138 valence electrons. The molecule has 0 amide bonds. The molecule has 3 N–H and O–H groups in total. The van der Waals surface area contributed by atoms with E-state index in [2.05, 4.69) is 10.3 Å². The minimum atomic E-state index is -0.934. The molecule has 0 saturated heterocycles. The van der Waals surface area contributed by atoms with Crippen molar-refractivity contribution in [3.8, 4) is 0 Å². The van der Waals surface area contributed by atoms with Crippen molar-refractivity contribution in [1.29, 1.82) is 0 Å². The maximum absolute atomic E-state index is 15.1. The maximum atomic E-state index is 15.1. The number of aromatic nitrogens is 3. The van der Waals surface area contributed by atoms with Gasteiger partial charge in [0.05, 0.1) is 22.9 Å². The summed E-state index contributed by atoms with van der Waals surface area (Å²) in [6, 6.07) is 1.15. The molecule has 2 aromatic heterocycles. The van der Waals surface area contributed by atoms with Gasteiger partial charge in [-0.3, -0.25) is 4.79 Å². The normalized spacial score (nSPS) is 11.4. The molecule has 0 aliphatic rings. The fraction of sp³-hybridized carbons (Fsp3) is 0.333. The average Bonchev–Trinajstić information content (AvgIpc) is 3.12. The molecule has 0 unspecified atom stereocenters. The van der Waals surface area contributed by atoms with Crippen molar-refractivity contribution in [2.45, 2.75) is 32.9 Å². The molecule has 2 heterocycles. The second kappa shape index (κ2) is 7.15. The van der Waals surface area contributed by atoms with Crippen LogP contribution in [-0.2, 0) is 6.54 Å². The summed E-state index contributed by atoms with van der Waals surface area (Å²) in [5, 5.41) is 2.66. The molecule has 3 aromatic rings. The number of hydrogen-bond acceptors (Lipinski definition) is 4. The van der Waals surface area contributed by atoms with E-state index in [1.54, 1.807) is 17.1 Å². The van der Waals surface area contributed by atoms with Crippen LogP contribution in [0.3, 0.4) is 0 Å². The van der Waals surface area contributed by atoms with Crippen molar-refractivity contribution in [2.75, 3.05) is 17.6 Å². The second-order valence-corrected chi connectivity index (χ2v) is 6.40. The van der Waals surface area contributed by atoms with Crippen molar-refractivity contribution in [3.05, 3.63) is 52.8 Å². The first-order valence-electron chi connectivity index (χ1n) is 8.42. The van der Waals surface area contributed by atoms with Crippen molar-refractivity contribution < 1.29 is 8.78 Å². The standard InChI is InChI=1S/C18H21F2N5O/c1-11(2)25-8-4-12(26)13-16(21)14(19)17(15(20)18(13)25)23-5-3-7-24-9-6-22-10-24/h4,6,8-11,23H,3,5,7,21H2,1-2H3. The predicted octanol–water partition coefficient (Wildman–Crippen LogP) is 3.14. The Morgan fingerprint density at radius 1 is 1.27 bits per heavy atom. The molecule has 0 fully saturated rings.